The number of carbonyl (C=O) groups is 2. The standard InChI is InChI=1S/C21H18ClF3N4O2/c1-2-10-26-19(30)13-4-3-5-15(11-13)28-20(31)17-12-27-29(18(17)21(23,24)25)16-8-6-14(22)7-9-16/h3-9,11-12H,2,10H2,1H3,(H,26,30)(H,28,31). The van der Waals surface area contributed by atoms with Crippen molar-refractivity contribution in [2.45, 2.75) is 19.5 Å². The first-order valence-electron chi connectivity index (χ1n) is 9.31. The second-order valence-corrected chi connectivity index (χ2v) is 7.02. The van der Waals surface area contributed by atoms with Crippen LogP contribution in [0.15, 0.2) is 54.7 Å². The fourth-order valence-corrected chi connectivity index (χ4v) is 2.97. The molecule has 10 heteroatoms. The molecule has 31 heavy (non-hydrogen) atoms. The highest BCUT2D eigenvalue weighted by Gasteiger charge is 2.40. The summed E-state index contributed by atoms with van der Waals surface area (Å²) in [5, 5.41) is 9.20. The number of amides is 2. The second kappa shape index (κ2) is 9.22. The average Bonchev–Trinajstić information content (AvgIpc) is 3.19. The van der Waals surface area contributed by atoms with Crippen molar-refractivity contribution >= 4 is 29.1 Å². The molecule has 2 amide bonds. The van der Waals surface area contributed by atoms with Crippen LogP contribution in [0.4, 0.5) is 18.9 Å². The lowest BCUT2D eigenvalue weighted by Gasteiger charge is -2.13. The Morgan fingerprint density at radius 3 is 2.45 bits per heavy atom. The molecule has 1 heterocycles. The summed E-state index contributed by atoms with van der Waals surface area (Å²) in [6.07, 6.45) is -3.24. The van der Waals surface area contributed by atoms with Crippen molar-refractivity contribution in [2.24, 2.45) is 0 Å². The molecular formula is C21H18ClF3N4O2. The van der Waals surface area contributed by atoms with Gasteiger partial charge < -0.3 is 10.6 Å². The second-order valence-electron chi connectivity index (χ2n) is 6.58. The Hall–Kier alpha value is -3.33. The van der Waals surface area contributed by atoms with E-state index in [1.807, 2.05) is 6.92 Å². The Morgan fingerprint density at radius 1 is 1.10 bits per heavy atom. The minimum absolute atomic E-state index is 0.102. The van der Waals surface area contributed by atoms with Gasteiger partial charge in [0.1, 0.15) is 0 Å². The van der Waals surface area contributed by atoms with Crippen LogP contribution in [0, 0.1) is 0 Å². The van der Waals surface area contributed by atoms with Crippen molar-refractivity contribution in [3.63, 3.8) is 0 Å². The van der Waals surface area contributed by atoms with Gasteiger partial charge in [-0.2, -0.15) is 18.3 Å². The number of hydrogen-bond acceptors (Lipinski definition) is 3. The van der Waals surface area contributed by atoms with E-state index in [0.717, 1.165) is 12.6 Å². The van der Waals surface area contributed by atoms with Gasteiger partial charge in [-0.25, -0.2) is 4.68 Å². The summed E-state index contributed by atoms with van der Waals surface area (Å²) in [7, 11) is 0. The molecule has 0 saturated carbocycles. The fraction of sp³-hybridized carbons (Fsp3) is 0.190. The molecule has 1 aromatic heterocycles. The molecule has 0 aliphatic carbocycles. The summed E-state index contributed by atoms with van der Waals surface area (Å²) in [4.78, 5) is 24.7. The van der Waals surface area contributed by atoms with Gasteiger partial charge in [-0.3, -0.25) is 9.59 Å². The number of rotatable bonds is 6. The molecule has 2 aromatic carbocycles. The van der Waals surface area contributed by atoms with Crippen LogP contribution in [-0.2, 0) is 6.18 Å². The number of halogens is 4. The first-order valence-corrected chi connectivity index (χ1v) is 9.69. The quantitative estimate of drug-likeness (QED) is 0.558. The normalized spacial score (nSPS) is 11.3. The Morgan fingerprint density at radius 2 is 1.81 bits per heavy atom. The number of nitrogens with one attached hydrogen (secondary N) is 2. The van der Waals surface area contributed by atoms with Crippen LogP contribution in [0.25, 0.3) is 5.69 Å². The largest absolute Gasteiger partial charge is 0.434 e. The molecule has 0 spiro atoms. The monoisotopic (exact) mass is 450 g/mol. The van der Waals surface area contributed by atoms with Crippen LogP contribution >= 0.6 is 11.6 Å². The van der Waals surface area contributed by atoms with E-state index < -0.39 is 23.3 Å². The highest BCUT2D eigenvalue weighted by Crippen LogP contribution is 2.34. The zero-order valence-corrected chi connectivity index (χ0v) is 17.1. The maximum Gasteiger partial charge on any atom is 0.434 e. The minimum atomic E-state index is -4.84. The van der Waals surface area contributed by atoms with Gasteiger partial charge in [0.25, 0.3) is 11.8 Å². The first-order chi connectivity index (χ1) is 14.7. The zero-order valence-electron chi connectivity index (χ0n) is 16.3. The van der Waals surface area contributed by atoms with Crippen LogP contribution < -0.4 is 10.6 Å². The van der Waals surface area contributed by atoms with E-state index in [1.165, 1.54) is 42.5 Å². The van der Waals surface area contributed by atoms with Crippen molar-refractivity contribution in [3.05, 3.63) is 76.6 Å². The number of anilines is 1. The van der Waals surface area contributed by atoms with Crippen LogP contribution in [0.5, 0.6) is 0 Å². The van der Waals surface area contributed by atoms with Gasteiger partial charge in [0, 0.05) is 22.8 Å². The highest BCUT2D eigenvalue weighted by molar-refractivity contribution is 6.30. The number of alkyl halides is 3. The SMILES string of the molecule is CCCNC(=O)c1cccc(NC(=O)c2cnn(-c3ccc(Cl)cc3)c2C(F)(F)F)c1. The van der Waals surface area contributed by atoms with Gasteiger partial charge in [0.15, 0.2) is 5.69 Å². The number of carbonyl (C=O) groups excluding carboxylic acids is 2. The average molecular weight is 451 g/mol. The van der Waals surface area contributed by atoms with Gasteiger partial charge in [-0.05, 0) is 48.9 Å². The first kappa shape index (κ1) is 22.4. The minimum Gasteiger partial charge on any atom is -0.352 e. The van der Waals surface area contributed by atoms with E-state index in [2.05, 4.69) is 15.7 Å². The van der Waals surface area contributed by atoms with Crippen LogP contribution in [0.1, 0.15) is 39.8 Å². The summed E-state index contributed by atoms with van der Waals surface area (Å²) in [6, 6.07) is 11.5. The maximum absolute atomic E-state index is 13.8. The number of hydrogen-bond donors (Lipinski definition) is 2. The van der Waals surface area contributed by atoms with Gasteiger partial charge in [-0.1, -0.05) is 24.6 Å². The molecule has 0 aliphatic heterocycles. The van der Waals surface area contributed by atoms with Crippen LogP contribution in [-0.4, -0.2) is 28.1 Å². The lowest BCUT2D eigenvalue weighted by atomic mass is 10.1. The molecule has 0 unspecified atom stereocenters. The molecule has 0 bridgehead atoms. The third kappa shape index (κ3) is 5.24. The van der Waals surface area contributed by atoms with Gasteiger partial charge >= 0.3 is 6.18 Å². The van der Waals surface area contributed by atoms with Crippen LogP contribution in [0.3, 0.4) is 0 Å². The Labute approximate surface area is 181 Å². The van der Waals surface area contributed by atoms with E-state index in [0.29, 0.717) is 16.2 Å². The van der Waals surface area contributed by atoms with Gasteiger partial charge in [-0.15, -0.1) is 0 Å². The van der Waals surface area contributed by atoms with Crippen molar-refractivity contribution < 1.29 is 22.8 Å². The summed E-state index contributed by atoms with van der Waals surface area (Å²) in [5.41, 5.74) is -1.31. The Kier molecular flexibility index (Phi) is 6.65. The van der Waals surface area contributed by atoms with Gasteiger partial charge in [0.05, 0.1) is 17.4 Å². The smallest absolute Gasteiger partial charge is 0.352 e. The van der Waals surface area contributed by atoms with Crippen molar-refractivity contribution in [2.75, 3.05) is 11.9 Å². The topological polar surface area (TPSA) is 76.0 Å². The van der Waals surface area contributed by atoms with E-state index >= 15 is 0 Å². The predicted octanol–water partition coefficient (Wildman–Crippen LogP) is 4.94. The molecule has 0 fully saturated rings. The van der Waals surface area contributed by atoms with E-state index in [9.17, 15) is 22.8 Å². The molecule has 0 aliphatic rings. The van der Waals surface area contributed by atoms with E-state index in [4.69, 9.17) is 11.6 Å². The zero-order chi connectivity index (χ0) is 22.6. The molecule has 0 saturated heterocycles. The lowest BCUT2D eigenvalue weighted by Crippen LogP contribution is -2.24. The van der Waals surface area contributed by atoms with E-state index in [1.54, 1.807) is 6.07 Å². The Balaban J connectivity index is 1.90. The fourth-order valence-electron chi connectivity index (χ4n) is 2.84. The Bertz CT molecular complexity index is 1090. The summed E-state index contributed by atoms with van der Waals surface area (Å²) in [6.45, 7) is 2.38. The van der Waals surface area contributed by atoms with Crippen molar-refractivity contribution in [1.82, 2.24) is 15.1 Å². The van der Waals surface area contributed by atoms with Crippen LogP contribution in [0.2, 0.25) is 5.02 Å². The maximum atomic E-state index is 13.8. The molecule has 3 rings (SSSR count). The molecule has 2 N–H and O–H groups in total. The number of aromatic nitrogens is 2. The predicted molar refractivity (Wildman–Crippen MR) is 111 cm³/mol. The van der Waals surface area contributed by atoms with Crippen molar-refractivity contribution in [3.8, 4) is 5.69 Å². The molecule has 162 valence electrons. The molecule has 6 nitrogen and oxygen atoms in total. The number of nitrogens with zero attached hydrogens (tertiary/aromatic N) is 2. The summed E-state index contributed by atoms with van der Waals surface area (Å²) < 4.78 is 42.0. The molecule has 0 atom stereocenters. The third-order valence-electron chi connectivity index (χ3n) is 4.27. The molecule has 0 radical (unpaired) electrons. The lowest BCUT2D eigenvalue weighted by molar-refractivity contribution is -0.143. The summed E-state index contributed by atoms with van der Waals surface area (Å²) in [5.74, 6) is -1.34. The summed E-state index contributed by atoms with van der Waals surface area (Å²) >= 11 is 5.79. The highest BCUT2D eigenvalue weighted by atomic mass is 35.5. The van der Waals surface area contributed by atoms with E-state index in [-0.39, 0.29) is 22.8 Å². The van der Waals surface area contributed by atoms with Crippen molar-refractivity contribution in [1.29, 1.82) is 0 Å². The third-order valence-corrected chi connectivity index (χ3v) is 4.52. The molecule has 3 aromatic rings. The molecular weight excluding hydrogens is 433 g/mol. The number of benzene rings is 2. The van der Waals surface area contributed by atoms with Gasteiger partial charge in [0.2, 0.25) is 0 Å².